The minimum absolute atomic E-state index is 0.217. The Morgan fingerprint density at radius 3 is 2.42 bits per heavy atom. The predicted molar refractivity (Wildman–Crippen MR) is 88.1 cm³/mol. The Morgan fingerprint density at radius 1 is 1.04 bits per heavy atom. The van der Waals surface area contributed by atoms with E-state index in [0.29, 0.717) is 6.42 Å². The first-order valence-corrected chi connectivity index (χ1v) is 7.86. The van der Waals surface area contributed by atoms with Gasteiger partial charge in [0, 0.05) is 13.3 Å². The van der Waals surface area contributed by atoms with E-state index in [0.717, 1.165) is 16.7 Å². The van der Waals surface area contributed by atoms with Crippen LogP contribution in [-0.4, -0.2) is 12.1 Å². The summed E-state index contributed by atoms with van der Waals surface area (Å²) in [5.74, 6) is -0.331. The van der Waals surface area contributed by atoms with Crippen molar-refractivity contribution in [1.29, 1.82) is 0 Å². The van der Waals surface area contributed by atoms with Crippen molar-refractivity contribution in [2.75, 3.05) is 0 Å². The summed E-state index contributed by atoms with van der Waals surface area (Å²) < 4.78 is 10.6. The molecule has 124 valence electrons. The number of nitrogens with one attached hydrogen (secondary N) is 1. The standard InChI is InChI=1S/C19H19NO4/c1-13(21)24-18-11-17(15-9-5-6-10-16(15)18)20-19(22)23-12-14-7-3-2-4-8-14/h2-10,17-18H,11-12H2,1H3,(H,20,22)/t17-,18+/m0/s1. The molecule has 0 fully saturated rings. The maximum absolute atomic E-state index is 12.1. The molecule has 24 heavy (non-hydrogen) atoms. The topological polar surface area (TPSA) is 64.6 Å². The summed E-state index contributed by atoms with van der Waals surface area (Å²) >= 11 is 0. The second kappa shape index (κ2) is 7.17. The van der Waals surface area contributed by atoms with Crippen molar-refractivity contribution in [2.45, 2.75) is 32.1 Å². The number of carbonyl (C=O) groups is 2. The average molecular weight is 325 g/mol. The van der Waals surface area contributed by atoms with E-state index in [4.69, 9.17) is 9.47 Å². The van der Waals surface area contributed by atoms with E-state index in [-0.39, 0.29) is 24.7 Å². The van der Waals surface area contributed by atoms with Crippen LogP contribution in [0.5, 0.6) is 0 Å². The van der Waals surface area contributed by atoms with Gasteiger partial charge in [-0.25, -0.2) is 4.79 Å². The van der Waals surface area contributed by atoms with Crippen molar-refractivity contribution in [3.05, 3.63) is 71.3 Å². The van der Waals surface area contributed by atoms with Crippen LogP contribution in [0.15, 0.2) is 54.6 Å². The Bertz CT molecular complexity index is 729. The number of ether oxygens (including phenoxy) is 2. The molecule has 1 aliphatic carbocycles. The number of hydrogen-bond acceptors (Lipinski definition) is 4. The molecule has 1 N–H and O–H groups in total. The van der Waals surface area contributed by atoms with Crippen molar-refractivity contribution in [1.82, 2.24) is 5.32 Å². The van der Waals surface area contributed by atoms with Crippen LogP contribution in [0.2, 0.25) is 0 Å². The van der Waals surface area contributed by atoms with Gasteiger partial charge in [-0.15, -0.1) is 0 Å². The minimum Gasteiger partial charge on any atom is -0.458 e. The third-order valence-corrected chi connectivity index (χ3v) is 3.98. The summed E-state index contributed by atoms with van der Waals surface area (Å²) in [6.45, 7) is 1.60. The first-order chi connectivity index (χ1) is 11.6. The average Bonchev–Trinajstić information content (AvgIpc) is 2.91. The molecule has 3 rings (SSSR count). The molecule has 0 saturated heterocycles. The van der Waals surface area contributed by atoms with Crippen LogP contribution in [-0.2, 0) is 20.9 Å². The summed E-state index contributed by atoms with van der Waals surface area (Å²) in [6.07, 6.45) is -0.306. The summed E-state index contributed by atoms with van der Waals surface area (Å²) in [6, 6.07) is 16.9. The maximum Gasteiger partial charge on any atom is 0.407 e. The van der Waals surface area contributed by atoms with Gasteiger partial charge in [-0.2, -0.15) is 0 Å². The van der Waals surface area contributed by atoms with Crippen LogP contribution in [0.25, 0.3) is 0 Å². The minimum atomic E-state index is -0.484. The molecule has 1 amide bonds. The van der Waals surface area contributed by atoms with Crippen LogP contribution >= 0.6 is 0 Å². The van der Waals surface area contributed by atoms with Crippen molar-refractivity contribution < 1.29 is 19.1 Å². The molecule has 0 heterocycles. The molecule has 2 aromatic rings. The number of fused-ring (bicyclic) bond motifs is 1. The molecule has 0 unspecified atom stereocenters. The molecule has 0 bridgehead atoms. The van der Waals surface area contributed by atoms with Gasteiger partial charge in [0.25, 0.3) is 0 Å². The molecular weight excluding hydrogens is 306 g/mol. The zero-order valence-electron chi connectivity index (χ0n) is 13.4. The fourth-order valence-electron chi connectivity index (χ4n) is 2.95. The van der Waals surface area contributed by atoms with Crippen molar-refractivity contribution in [2.24, 2.45) is 0 Å². The number of esters is 1. The van der Waals surface area contributed by atoms with Crippen molar-refractivity contribution in [3.63, 3.8) is 0 Å². The molecule has 1 aliphatic rings. The number of benzene rings is 2. The molecule has 2 atom stereocenters. The first kappa shape index (κ1) is 16.1. The molecule has 0 spiro atoms. The first-order valence-electron chi connectivity index (χ1n) is 7.86. The Balaban J connectivity index is 1.62. The van der Waals surface area contributed by atoms with E-state index in [2.05, 4.69) is 5.32 Å². The number of amides is 1. The number of alkyl carbamates (subject to hydrolysis) is 1. The summed E-state index contributed by atoms with van der Waals surface area (Å²) in [4.78, 5) is 23.3. The smallest absolute Gasteiger partial charge is 0.407 e. The van der Waals surface area contributed by atoms with E-state index in [1.165, 1.54) is 6.92 Å². The van der Waals surface area contributed by atoms with Gasteiger partial charge in [0.15, 0.2) is 0 Å². The molecular formula is C19H19NO4. The summed E-state index contributed by atoms with van der Waals surface area (Å²) in [7, 11) is 0. The van der Waals surface area contributed by atoms with Crippen LogP contribution in [0.3, 0.4) is 0 Å². The van der Waals surface area contributed by atoms with Crippen LogP contribution in [0, 0.1) is 0 Å². The molecule has 0 aliphatic heterocycles. The third kappa shape index (κ3) is 3.74. The highest BCUT2D eigenvalue weighted by atomic mass is 16.6. The van der Waals surface area contributed by atoms with Gasteiger partial charge in [0.05, 0.1) is 6.04 Å². The lowest BCUT2D eigenvalue weighted by molar-refractivity contribution is -0.146. The van der Waals surface area contributed by atoms with Gasteiger partial charge < -0.3 is 14.8 Å². The van der Waals surface area contributed by atoms with Crippen molar-refractivity contribution in [3.8, 4) is 0 Å². The molecule has 0 radical (unpaired) electrons. The number of hydrogen-bond donors (Lipinski definition) is 1. The zero-order valence-corrected chi connectivity index (χ0v) is 13.4. The van der Waals surface area contributed by atoms with E-state index in [1.807, 2.05) is 54.6 Å². The quantitative estimate of drug-likeness (QED) is 0.871. The van der Waals surface area contributed by atoms with Crippen LogP contribution in [0.4, 0.5) is 4.79 Å². The van der Waals surface area contributed by atoms with Gasteiger partial charge in [0.2, 0.25) is 0 Å². The summed E-state index contributed by atoms with van der Waals surface area (Å²) in [5.41, 5.74) is 2.82. The van der Waals surface area contributed by atoms with Gasteiger partial charge >= 0.3 is 12.1 Å². The Labute approximate surface area is 140 Å². The fraction of sp³-hybridized carbons (Fsp3) is 0.263. The highest BCUT2D eigenvalue weighted by molar-refractivity contribution is 5.69. The normalized spacial score (nSPS) is 18.5. The molecule has 0 aromatic heterocycles. The lowest BCUT2D eigenvalue weighted by atomic mass is 10.1. The molecule has 2 aromatic carbocycles. The van der Waals surface area contributed by atoms with E-state index in [1.54, 1.807) is 0 Å². The van der Waals surface area contributed by atoms with Gasteiger partial charge in [-0.05, 0) is 16.7 Å². The Hall–Kier alpha value is -2.82. The van der Waals surface area contributed by atoms with Gasteiger partial charge in [-0.3, -0.25) is 4.79 Å². The SMILES string of the molecule is CC(=O)O[C@@H]1C[C@H](NC(=O)OCc2ccccc2)c2ccccc21. The largest absolute Gasteiger partial charge is 0.458 e. The van der Waals surface area contributed by atoms with E-state index < -0.39 is 6.09 Å². The van der Waals surface area contributed by atoms with Crippen molar-refractivity contribution >= 4 is 12.1 Å². The number of carbonyl (C=O) groups excluding carboxylic acids is 2. The second-order valence-corrected chi connectivity index (χ2v) is 5.72. The Morgan fingerprint density at radius 2 is 1.71 bits per heavy atom. The predicted octanol–water partition coefficient (Wildman–Crippen LogP) is 3.66. The van der Waals surface area contributed by atoms with Crippen LogP contribution < -0.4 is 5.32 Å². The molecule has 5 nitrogen and oxygen atoms in total. The lowest BCUT2D eigenvalue weighted by Gasteiger charge is -2.14. The van der Waals surface area contributed by atoms with E-state index in [9.17, 15) is 9.59 Å². The molecule has 5 heteroatoms. The third-order valence-electron chi connectivity index (χ3n) is 3.98. The monoisotopic (exact) mass is 325 g/mol. The number of rotatable bonds is 4. The summed E-state index contributed by atoms with van der Waals surface area (Å²) in [5, 5.41) is 2.86. The van der Waals surface area contributed by atoms with Gasteiger partial charge in [0.1, 0.15) is 12.7 Å². The fourth-order valence-corrected chi connectivity index (χ4v) is 2.95. The Kier molecular flexibility index (Phi) is 4.79. The highest BCUT2D eigenvalue weighted by Crippen LogP contribution is 2.40. The maximum atomic E-state index is 12.1. The lowest BCUT2D eigenvalue weighted by Crippen LogP contribution is -2.28. The highest BCUT2D eigenvalue weighted by Gasteiger charge is 2.33. The second-order valence-electron chi connectivity index (χ2n) is 5.72. The van der Waals surface area contributed by atoms with E-state index >= 15 is 0 Å². The zero-order chi connectivity index (χ0) is 16.9. The van der Waals surface area contributed by atoms with Crippen LogP contribution in [0.1, 0.15) is 42.2 Å². The van der Waals surface area contributed by atoms with Gasteiger partial charge in [-0.1, -0.05) is 54.6 Å². The molecule has 0 saturated carbocycles.